The van der Waals surface area contributed by atoms with E-state index in [1.54, 1.807) is 18.3 Å². The molecule has 1 saturated heterocycles. The number of nitrogens with zero attached hydrogens (tertiary/aromatic N) is 3. The molecule has 3 heterocycles. The first-order chi connectivity index (χ1) is 18.2. The van der Waals surface area contributed by atoms with Crippen LogP contribution >= 0.6 is 0 Å². The van der Waals surface area contributed by atoms with E-state index in [-0.39, 0.29) is 6.04 Å². The predicted octanol–water partition coefficient (Wildman–Crippen LogP) is 5.82. The molecule has 2 aromatic carbocycles. The van der Waals surface area contributed by atoms with Crippen molar-refractivity contribution in [3.05, 3.63) is 95.3 Å². The minimum atomic E-state index is -4.45. The summed E-state index contributed by atoms with van der Waals surface area (Å²) in [5.41, 5.74) is 5.25. The van der Waals surface area contributed by atoms with E-state index in [2.05, 4.69) is 39.1 Å². The van der Waals surface area contributed by atoms with Gasteiger partial charge < -0.3 is 10.6 Å². The van der Waals surface area contributed by atoms with Gasteiger partial charge in [-0.05, 0) is 75.5 Å². The topological polar surface area (TPSA) is 74.2 Å². The summed E-state index contributed by atoms with van der Waals surface area (Å²) in [7, 11) is 0. The van der Waals surface area contributed by atoms with Crippen LogP contribution in [-0.4, -0.2) is 34.3 Å². The van der Waals surface area contributed by atoms with Gasteiger partial charge in [0.15, 0.2) is 0 Å². The SMILES string of the molecule is C[C@H](Nc1nccc(C2=CC(C)(C3CCNCC3)NN=C2c2cccc(C(F)(F)F)c2)n1)c1ccccc1. The second-order valence-electron chi connectivity index (χ2n) is 10.1. The summed E-state index contributed by atoms with van der Waals surface area (Å²) in [4.78, 5) is 9.19. The van der Waals surface area contributed by atoms with Crippen molar-refractivity contribution in [2.24, 2.45) is 11.0 Å². The van der Waals surface area contributed by atoms with Crippen molar-refractivity contribution in [1.29, 1.82) is 0 Å². The summed E-state index contributed by atoms with van der Waals surface area (Å²) in [6.45, 7) is 5.94. The molecule has 1 fully saturated rings. The number of alkyl halides is 3. The smallest absolute Gasteiger partial charge is 0.348 e. The molecule has 6 nitrogen and oxygen atoms in total. The number of rotatable bonds is 6. The third-order valence-corrected chi connectivity index (χ3v) is 7.34. The van der Waals surface area contributed by atoms with E-state index in [1.807, 2.05) is 37.3 Å². The van der Waals surface area contributed by atoms with E-state index in [0.717, 1.165) is 43.6 Å². The molecule has 38 heavy (non-hydrogen) atoms. The van der Waals surface area contributed by atoms with Gasteiger partial charge in [0.25, 0.3) is 0 Å². The molecule has 0 spiro atoms. The van der Waals surface area contributed by atoms with Crippen LogP contribution in [-0.2, 0) is 6.18 Å². The molecule has 0 bridgehead atoms. The third kappa shape index (κ3) is 5.57. The fourth-order valence-electron chi connectivity index (χ4n) is 5.12. The lowest BCUT2D eigenvalue weighted by Gasteiger charge is -2.40. The Morgan fingerprint density at radius 1 is 1.03 bits per heavy atom. The Labute approximate surface area is 220 Å². The number of aromatic nitrogens is 2. The molecule has 5 rings (SSSR count). The summed E-state index contributed by atoms with van der Waals surface area (Å²) in [6, 6.07) is 17.0. The number of piperidine rings is 1. The molecule has 9 heteroatoms. The summed E-state index contributed by atoms with van der Waals surface area (Å²) < 4.78 is 40.6. The highest BCUT2D eigenvalue weighted by molar-refractivity contribution is 6.32. The fraction of sp³-hybridized carbons (Fsp3) is 0.345. The Kier molecular flexibility index (Phi) is 7.21. The number of hydrazone groups is 1. The van der Waals surface area contributed by atoms with Crippen molar-refractivity contribution in [3.8, 4) is 0 Å². The number of halogens is 3. The molecule has 2 aliphatic heterocycles. The molecule has 2 aliphatic rings. The van der Waals surface area contributed by atoms with Gasteiger partial charge in [-0.25, -0.2) is 9.97 Å². The Hall–Kier alpha value is -3.72. The van der Waals surface area contributed by atoms with Crippen molar-refractivity contribution in [2.45, 2.75) is 44.4 Å². The van der Waals surface area contributed by atoms with Gasteiger partial charge >= 0.3 is 6.18 Å². The van der Waals surface area contributed by atoms with Crippen molar-refractivity contribution < 1.29 is 13.2 Å². The van der Waals surface area contributed by atoms with Crippen LogP contribution in [0.2, 0.25) is 0 Å². The molecule has 2 atom stereocenters. The van der Waals surface area contributed by atoms with Crippen LogP contribution in [0.15, 0.2) is 78.0 Å². The quantitative estimate of drug-likeness (QED) is 0.382. The van der Waals surface area contributed by atoms with Gasteiger partial charge in [0.05, 0.1) is 28.5 Å². The number of anilines is 1. The second kappa shape index (κ2) is 10.6. The van der Waals surface area contributed by atoms with Gasteiger partial charge in [-0.3, -0.25) is 5.43 Å². The standard InChI is InChI=1S/C29H31F3N6/c1-19(20-7-4-3-5-8-20)35-27-34-16-13-25(36-27)24-18-28(2,22-11-14-33-15-12-22)38-37-26(24)21-9-6-10-23(17-21)29(30,31)32/h3-10,13,16-19,22,33,38H,11-12,14-15H2,1-2H3,(H,34,35,36)/t19-,28?/m0/s1. The highest BCUT2D eigenvalue weighted by Gasteiger charge is 2.38. The van der Waals surface area contributed by atoms with Crippen molar-refractivity contribution in [3.63, 3.8) is 0 Å². The largest absolute Gasteiger partial charge is 0.416 e. The first-order valence-corrected chi connectivity index (χ1v) is 12.8. The van der Waals surface area contributed by atoms with E-state index in [4.69, 9.17) is 4.98 Å². The number of allylic oxidation sites excluding steroid dienone is 1. The summed E-state index contributed by atoms with van der Waals surface area (Å²) >= 11 is 0. The fourth-order valence-corrected chi connectivity index (χ4v) is 5.12. The molecule has 198 valence electrons. The normalized spacial score (nSPS) is 21.2. The van der Waals surface area contributed by atoms with Crippen LogP contribution in [0.25, 0.3) is 5.57 Å². The Balaban J connectivity index is 1.53. The van der Waals surface area contributed by atoms with E-state index < -0.39 is 17.3 Å². The number of hydrogen-bond donors (Lipinski definition) is 3. The maximum atomic E-state index is 13.5. The zero-order valence-electron chi connectivity index (χ0n) is 21.4. The molecule has 0 amide bonds. The lowest BCUT2D eigenvalue weighted by Crippen LogP contribution is -2.50. The van der Waals surface area contributed by atoms with E-state index in [0.29, 0.717) is 34.4 Å². The average Bonchev–Trinajstić information content (AvgIpc) is 2.94. The average molecular weight is 521 g/mol. The number of nitrogens with one attached hydrogen (secondary N) is 3. The van der Waals surface area contributed by atoms with Crippen LogP contribution in [0.4, 0.5) is 19.1 Å². The van der Waals surface area contributed by atoms with Crippen LogP contribution in [0.3, 0.4) is 0 Å². The summed E-state index contributed by atoms with van der Waals surface area (Å²) in [6.07, 6.45) is 1.22. The van der Waals surface area contributed by atoms with Gasteiger partial charge in [0, 0.05) is 17.3 Å². The zero-order valence-corrected chi connectivity index (χ0v) is 21.4. The van der Waals surface area contributed by atoms with Crippen molar-refractivity contribution >= 4 is 17.2 Å². The molecule has 3 N–H and O–H groups in total. The summed E-state index contributed by atoms with van der Waals surface area (Å²) in [5.74, 6) is 0.744. The van der Waals surface area contributed by atoms with Crippen molar-refractivity contribution in [1.82, 2.24) is 20.7 Å². The summed E-state index contributed by atoms with van der Waals surface area (Å²) in [5, 5.41) is 11.4. The third-order valence-electron chi connectivity index (χ3n) is 7.34. The molecule has 1 unspecified atom stereocenters. The van der Waals surface area contributed by atoms with Crippen LogP contribution in [0.5, 0.6) is 0 Å². The zero-order chi connectivity index (χ0) is 26.8. The Morgan fingerprint density at radius 2 is 1.79 bits per heavy atom. The second-order valence-corrected chi connectivity index (χ2v) is 10.1. The number of benzene rings is 2. The molecule has 1 aromatic heterocycles. The molecule has 0 saturated carbocycles. The van der Waals surface area contributed by atoms with E-state index >= 15 is 0 Å². The molecular weight excluding hydrogens is 489 g/mol. The molecule has 3 aromatic rings. The lowest BCUT2D eigenvalue weighted by atomic mass is 9.77. The first kappa shape index (κ1) is 25.9. The Bertz CT molecular complexity index is 1330. The van der Waals surface area contributed by atoms with Gasteiger partial charge in [-0.2, -0.15) is 18.3 Å². The highest BCUT2D eigenvalue weighted by Crippen LogP contribution is 2.36. The van der Waals surface area contributed by atoms with Gasteiger partial charge in [0.2, 0.25) is 5.95 Å². The van der Waals surface area contributed by atoms with Gasteiger partial charge in [-0.15, -0.1) is 0 Å². The van der Waals surface area contributed by atoms with Crippen LogP contribution in [0.1, 0.15) is 55.1 Å². The number of hydrogen-bond acceptors (Lipinski definition) is 6. The monoisotopic (exact) mass is 520 g/mol. The van der Waals surface area contributed by atoms with E-state index in [9.17, 15) is 13.2 Å². The van der Waals surface area contributed by atoms with Crippen LogP contribution < -0.4 is 16.1 Å². The minimum Gasteiger partial charge on any atom is -0.348 e. The van der Waals surface area contributed by atoms with Gasteiger partial charge in [0.1, 0.15) is 0 Å². The van der Waals surface area contributed by atoms with Crippen molar-refractivity contribution in [2.75, 3.05) is 18.4 Å². The van der Waals surface area contributed by atoms with Crippen LogP contribution in [0, 0.1) is 5.92 Å². The highest BCUT2D eigenvalue weighted by atomic mass is 19.4. The lowest BCUT2D eigenvalue weighted by molar-refractivity contribution is -0.137. The maximum Gasteiger partial charge on any atom is 0.416 e. The first-order valence-electron chi connectivity index (χ1n) is 12.8. The molecule has 0 aliphatic carbocycles. The molecule has 0 radical (unpaired) electrons. The minimum absolute atomic E-state index is 0.0370. The van der Waals surface area contributed by atoms with Gasteiger partial charge in [-0.1, -0.05) is 42.5 Å². The maximum absolute atomic E-state index is 13.5. The molecular formula is C29H31F3N6. The van der Waals surface area contributed by atoms with E-state index in [1.165, 1.54) is 6.07 Å². The predicted molar refractivity (Wildman–Crippen MR) is 144 cm³/mol. The Morgan fingerprint density at radius 3 is 2.53 bits per heavy atom.